The van der Waals surface area contributed by atoms with Crippen LogP contribution in [0.25, 0.3) is 0 Å². The fourth-order valence-electron chi connectivity index (χ4n) is 1.42. The smallest absolute Gasteiger partial charge is 0.257 e. The van der Waals surface area contributed by atoms with Crippen molar-refractivity contribution in [2.75, 3.05) is 7.05 Å². The zero-order valence-electron chi connectivity index (χ0n) is 8.92. The molecule has 0 aliphatic rings. The molecule has 0 saturated heterocycles. The van der Waals surface area contributed by atoms with Crippen molar-refractivity contribution in [3.8, 4) is 0 Å². The molecule has 0 aromatic carbocycles. The van der Waals surface area contributed by atoms with Gasteiger partial charge in [0.1, 0.15) is 0 Å². The van der Waals surface area contributed by atoms with Crippen LogP contribution in [0.15, 0.2) is 36.9 Å². The van der Waals surface area contributed by atoms with Crippen LogP contribution in [0.3, 0.4) is 0 Å². The van der Waals surface area contributed by atoms with Crippen molar-refractivity contribution < 1.29 is 4.79 Å². The van der Waals surface area contributed by atoms with Gasteiger partial charge in [-0.3, -0.25) is 14.9 Å². The molecule has 5 heteroatoms. The van der Waals surface area contributed by atoms with Gasteiger partial charge in [-0.05, 0) is 17.7 Å². The summed E-state index contributed by atoms with van der Waals surface area (Å²) in [6, 6.07) is 3.78. The lowest BCUT2D eigenvalue weighted by atomic mass is 10.2. The lowest BCUT2D eigenvalue weighted by Gasteiger charge is -2.15. The number of nitrogens with one attached hydrogen (secondary N) is 1. The number of aromatic amines is 1. The number of carbonyl (C=O) groups excluding carboxylic acids is 1. The SMILES string of the molecule is CN(Cc1ccncc1)C(=O)c1cn[nH]c1. The molecule has 0 aliphatic carbocycles. The third-order valence-corrected chi connectivity index (χ3v) is 2.26. The number of carbonyl (C=O) groups is 1. The number of aromatic nitrogens is 3. The molecule has 1 amide bonds. The molecule has 0 radical (unpaired) electrons. The lowest BCUT2D eigenvalue weighted by Crippen LogP contribution is -2.25. The topological polar surface area (TPSA) is 61.9 Å². The van der Waals surface area contributed by atoms with E-state index in [2.05, 4.69) is 15.2 Å². The Hall–Kier alpha value is -2.17. The van der Waals surface area contributed by atoms with E-state index < -0.39 is 0 Å². The molecule has 2 aromatic rings. The number of nitrogens with zero attached hydrogens (tertiary/aromatic N) is 3. The average Bonchev–Trinajstić information content (AvgIpc) is 2.83. The van der Waals surface area contributed by atoms with Crippen LogP contribution in [0.5, 0.6) is 0 Å². The Morgan fingerprint density at radius 2 is 2.19 bits per heavy atom. The highest BCUT2D eigenvalue weighted by Gasteiger charge is 2.12. The summed E-state index contributed by atoms with van der Waals surface area (Å²) in [6.45, 7) is 0.562. The third kappa shape index (κ3) is 2.25. The zero-order valence-corrected chi connectivity index (χ0v) is 8.92. The van der Waals surface area contributed by atoms with Crippen molar-refractivity contribution in [2.24, 2.45) is 0 Å². The van der Waals surface area contributed by atoms with Gasteiger partial charge in [0.05, 0.1) is 11.8 Å². The van der Waals surface area contributed by atoms with E-state index >= 15 is 0 Å². The molecule has 0 spiro atoms. The number of amides is 1. The third-order valence-electron chi connectivity index (χ3n) is 2.26. The van der Waals surface area contributed by atoms with Crippen LogP contribution in [0.2, 0.25) is 0 Å². The van der Waals surface area contributed by atoms with Crippen LogP contribution >= 0.6 is 0 Å². The van der Waals surface area contributed by atoms with Gasteiger partial charge in [-0.15, -0.1) is 0 Å². The molecule has 2 aromatic heterocycles. The number of pyridine rings is 1. The van der Waals surface area contributed by atoms with E-state index in [-0.39, 0.29) is 5.91 Å². The fraction of sp³-hybridized carbons (Fsp3) is 0.182. The Balaban J connectivity index is 2.04. The minimum absolute atomic E-state index is 0.0504. The molecule has 0 bridgehead atoms. The number of rotatable bonds is 3. The minimum Gasteiger partial charge on any atom is -0.337 e. The molecule has 2 rings (SSSR count). The Morgan fingerprint density at radius 1 is 1.44 bits per heavy atom. The predicted molar refractivity (Wildman–Crippen MR) is 58.6 cm³/mol. The fourth-order valence-corrected chi connectivity index (χ4v) is 1.42. The van der Waals surface area contributed by atoms with Crippen molar-refractivity contribution in [1.29, 1.82) is 0 Å². The monoisotopic (exact) mass is 216 g/mol. The largest absolute Gasteiger partial charge is 0.337 e. The number of hydrogen-bond acceptors (Lipinski definition) is 3. The maximum absolute atomic E-state index is 11.9. The van der Waals surface area contributed by atoms with Crippen LogP contribution in [0, 0.1) is 0 Å². The van der Waals surface area contributed by atoms with Gasteiger partial charge in [-0.2, -0.15) is 5.10 Å². The summed E-state index contributed by atoms with van der Waals surface area (Å²) >= 11 is 0. The Kier molecular flexibility index (Phi) is 2.95. The highest BCUT2D eigenvalue weighted by atomic mass is 16.2. The molecule has 16 heavy (non-hydrogen) atoms. The highest BCUT2D eigenvalue weighted by Crippen LogP contribution is 2.05. The van der Waals surface area contributed by atoms with Crippen molar-refractivity contribution >= 4 is 5.91 Å². The van der Waals surface area contributed by atoms with E-state index in [1.807, 2.05) is 12.1 Å². The van der Waals surface area contributed by atoms with E-state index in [1.54, 1.807) is 30.5 Å². The normalized spacial score (nSPS) is 10.1. The van der Waals surface area contributed by atoms with Gasteiger partial charge < -0.3 is 4.90 Å². The summed E-state index contributed by atoms with van der Waals surface area (Å²) in [7, 11) is 1.76. The van der Waals surface area contributed by atoms with Crippen LogP contribution in [0.1, 0.15) is 15.9 Å². The first-order chi connectivity index (χ1) is 7.77. The van der Waals surface area contributed by atoms with E-state index in [0.29, 0.717) is 12.1 Å². The zero-order chi connectivity index (χ0) is 11.4. The average molecular weight is 216 g/mol. The lowest BCUT2D eigenvalue weighted by molar-refractivity contribution is 0.0785. The molecule has 0 aliphatic heterocycles. The molecular weight excluding hydrogens is 204 g/mol. The first-order valence-electron chi connectivity index (χ1n) is 4.90. The quantitative estimate of drug-likeness (QED) is 0.835. The maximum Gasteiger partial charge on any atom is 0.257 e. The second-order valence-electron chi connectivity index (χ2n) is 3.50. The van der Waals surface area contributed by atoms with Gasteiger partial charge in [0.25, 0.3) is 5.91 Å². The van der Waals surface area contributed by atoms with Crippen molar-refractivity contribution in [3.05, 3.63) is 48.0 Å². The maximum atomic E-state index is 11.9. The molecule has 2 heterocycles. The summed E-state index contributed by atoms with van der Waals surface area (Å²) in [4.78, 5) is 17.4. The van der Waals surface area contributed by atoms with E-state index in [1.165, 1.54) is 6.20 Å². The van der Waals surface area contributed by atoms with Gasteiger partial charge in [-0.1, -0.05) is 0 Å². The first kappa shape index (κ1) is 10.4. The molecule has 0 fully saturated rings. The van der Waals surface area contributed by atoms with E-state index in [4.69, 9.17) is 0 Å². The molecule has 82 valence electrons. The molecule has 5 nitrogen and oxygen atoms in total. The van der Waals surface area contributed by atoms with Gasteiger partial charge in [0.15, 0.2) is 0 Å². The summed E-state index contributed by atoms with van der Waals surface area (Å²) in [6.07, 6.45) is 6.54. The second-order valence-corrected chi connectivity index (χ2v) is 3.50. The van der Waals surface area contributed by atoms with Gasteiger partial charge in [0, 0.05) is 32.2 Å². The molecule has 0 unspecified atom stereocenters. The standard InChI is InChI=1S/C11H12N4O/c1-15(8-9-2-4-12-5-3-9)11(16)10-6-13-14-7-10/h2-7H,8H2,1H3,(H,13,14). The second kappa shape index (κ2) is 4.57. The van der Waals surface area contributed by atoms with Crippen molar-refractivity contribution in [1.82, 2.24) is 20.1 Å². The summed E-state index contributed by atoms with van der Waals surface area (Å²) in [5.74, 6) is -0.0504. The minimum atomic E-state index is -0.0504. The Bertz CT molecular complexity index is 452. The van der Waals surface area contributed by atoms with Gasteiger partial charge in [-0.25, -0.2) is 0 Å². The first-order valence-corrected chi connectivity index (χ1v) is 4.90. The number of H-pyrrole nitrogens is 1. The van der Waals surface area contributed by atoms with Gasteiger partial charge in [0.2, 0.25) is 0 Å². The summed E-state index contributed by atoms with van der Waals surface area (Å²) in [5.41, 5.74) is 1.62. The Morgan fingerprint density at radius 3 is 2.81 bits per heavy atom. The van der Waals surface area contributed by atoms with Crippen LogP contribution in [0.4, 0.5) is 0 Å². The van der Waals surface area contributed by atoms with Crippen LogP contribution in [-0.4, -0.2) is 33.0 Å². The Labute approximate surface area is 93.1 Å². The molecule has 0 saturated carbocycles. The van der Waals surface area contributed by atoms with E-state index in [9.17, 15) is 4.79 Å². The van der Waals surface area contributed by atoms with Crippen LogP contribution in [-0.2, 0) is 6.54 Å². The van der Waals surface area contributed by atoms with Crippen molar-refractivity contribution in [3.63, 3.8) is 0 Å². The predicted octanol–water partition coefficient (Wildman–Crippen LogP) is 1.08. The molecule has 1 N–H and O–H groups in total. The van der Waals surface area contributed by atoms with Crippen molar-refractivity contribution in [2.45, 2.75) is 6.54 Å². The van der Waals surface area contributed by atoms with Gasteiger partial charge >= 0.3 is 0 Å². The molecule has 0 atom stereocenters. The molecular formula is C11H12N4O. The summed E-state index contributed by atoms with van der Waals surface area (Å²) in [5, 5.41) is 6.37. The summed E-state index contributed by atoms with van der Waals surface area (Å²) < 4.78 is 0. The number of hydrogen-bond donors (Lipinski definition) is 1. The van der Waals surface area contributed by atoms with E-state index in [0.717, 1.165) is 5.56 Å². The van der Waals surface area contributed by atoms with Crippen LogP contribution < -0.4 is 0 Å². The highest BCUT2D eigenvalue weighted by molar-refractivity contribution is 5.93.